The van der Waals surface area contributed by atoms with Crippen LogP contribution in [0, 0.1) is 0 Å². The number of hydrogen-bond donors (Lipinski definition) is 1. The maximum absolute atomic E-state index is 12.7. The topological polar surface area (TPSA) is 86.1 Å². The highest BCUT2D eigenvalue weighted by Crippen LogP contribution is 2.19. The molecule has 0 bridgehead atoms. The number of esters is 1. The first-order valence-electron chi connectivity index (χ1n) is 9.14. The van der Waals surface area contributed by atoms with Crippen LogP contribution in [0.15, 0.2) is 73.1 Å². The summed E-state index contributed by atoms with van der Waals surface area (Å²) in [4.78, 5) is 28.7. The molecule has 4 rings (SSSR count). The van der Waals surface area contributed by atoms with Gasteiger partial charge in [0.05, 0.1) is 12.3 Å². The number of pyridine rings is 1. The van der Waals surface area contributed by atoms with Crippen molar-refractivity contribution in [3.8, 4) is 5.69 Å². The number of carbonyl (C=O) groups excluding carboxylic acids is 2. The third-order valence-electron chi connectivity index (χ3n) is 4.35. The second kappa shape index (κ2) is 7.93. The summed E-state index contributed by atoms with van der Waals surface area (Å²) in [5, 5.41) is 8.84. The van der Waals surface area contributed by atoms with Gasteiger partial charge >= 0.3 is 5.97 Å². The van der Waals surface area contributed by atoms with E-state index in [1.54, 1.807) is 54.3 Å². The van der Waals surface area contributed by atoms with Crippen molar-refractivity contribution in [1.82, 2.24) is 14.8 Å². The van der Waals surface area contributed by atoms with Gasteiger partial charge in [0, 0.05) is 23.5 Å². The Morgan fingerprint density at radius 1 is 1.03 bits per heavy atom. The fourth-order valence-corrected chi connectivity index (χ4v) is 2.97. The van der Waals surface area contributed by atoms with E-state index in [2.05, 4.69) is 15.4 Å². The molecule has 0 fully saturated rings. The normalized spacial score (nSPS) is 10.7. The molecule has 0 saturated carbocycles. The van der Waals surface area contributed by atoms with E-state index in [9.17, 15) is 9.59 Å². The van der Waals surface area contributed by atoms with Crippen LogP contribution in [0.1, 0.15) is 27.9 Å². The van der Waals surface area contributed by atoms with E-state index < -0.39 is 5.97 Å². The Morgan fingerprint density at radius 2 is 1.83 bits per heavy atom. The monoisotopic (exact) mass is 386 g/mol. The summed E-state index contributed by atoms with van der Waals surface area (Å²) in [7, 11) is 0. The zero-order chi connectivity index (χ0) is 20.2. The third-order valence-corrected chi connectivity index (χ3v) is 4.35. The summed E-state index contributed by atoms with van der Waals surface area (Å²) in [5.41, 5.74) is 2.00. The standard InChI is InChI=1S/C22H18N4O3/c1-2-29-22(28)19-12-14-26(25-19)17-9-7-16(8-10-17)24-21(27)20-18-6-4-3-5-15(18)11-13-23-20/h3-14H,2H2,1H3,(H,24,27). The molecule has 7 heteroatoms. The lowest BCUT2D eigenvalue weighted by atomic mass is 10.1. The minimum absolute atomic E-state index is 0.242. The molecule has 2 aromatic carbocycles. The second-order valence-corrected chi connectivity index (χ2v) is 6.25. The van der Waals surface area contributed by atoms with Gasteiger partial charge in [-0.2, -0.15) is 5.10 Å². The van der Waals surface area contributed by atoms with Gasteiger partial charge in [-0.15, -0.1) is 0 Å². The number of hydrogen-bond acceptors (Lipinski definition) is 5. The molecule has 1 N–H and O–H groups in total. The molecule has 0 atom stereocenters. The van der Waals surface area contributed by atoms with Crippen LogP contribution in [0.25, 0.3) is 16.5 Å². The van der Waals surface area contributed by atoms with Crippen molar-refractivity contribution in [3.05, 3.63) is 84.4 Å². The molecule has 4 aromatic rings. The largest absolute Gasteiger partial charge is 0.461 e. The van der Waals surface area contributed by atoms with E-state index in [1.807, 2.05) is 30.3 Å². The summed E-state index contributed by atoms with van der Waals surface area (Å²) in [6.07, 6.45) is 3.30. The van der Waals surface area contributed by atoms with Crippen molar-refractivity contribution in [2.45, 2.75) is 6.92 Å². The van der Waals surface area contributed by atoms with Crippen LogP contribution in [0.3, 0.4) is 0 Å². The van der Waals surface area contributed by atoms with Gasteiger partial charge in [-0.25, -0.2) is 9.48 Å². The SMILES string of the molecule is CCOC(=O)c1ccn(-c2ccc(NC(=O)c3nccc4ccccc34)cc2)n1. The first-order valence-corrected chi connectivity index (χ1v) is 9.14. The molecule has 2 aromatic heterocycles. The first-order chi connectivity index (χ1) is 14.2. The lowest BCUT2D eigenvalue weighted by molar-refractivity contribution is 0.0519. The van der Waals surface area contributed by atoms with E-state index in [-0.39, 0.29) is 11.6 Å². The molecule has 0 unspecified atom stereocenters. The van der Waals surface area contributed by atoms with Crippen molar-refractivity contribution in [2.75, 3.05) is 11.9 Å². The molecule has 0 radical (unpaired) electrons. The van der Waals surface area contributed by atoms with Crippen molar-refractivity contribution >= 4 is 28.3 Å². The van der Waals surface area contributed by atoms with E-state index in [0.717, 1.165) is 16.5 Å². The van der Waals surface area contributed by atoms with Gasteiger partial charge < -0.3 is 10.1 Å². The van der Waals surface area contributed by atoms with E-state index >= 15 is 0 Å². The van der Waals surface area contributed by atoms with Crippen molar-refractivity contribution in [2.24, 2.45) is 0 Å². The molecule has 0 spiro atoms. The maximum Gasteiger partial charge on any atom is 0.358 e. The van der Waals surface area contributed by atoms with Gasteiger partial charge in [-0.05, 0) is 48.7 Å². The minimum atomic E-state index is -0.460. The Hall–Kier alpha value is -4.00. The second-order valence-electron chi connectivity index (χ2n) is 6.25. The predicted molar refractivity (Wildman–Crippen MR) is 109 cm³/mol. The van der Waals surface area contributed by atoms with Gasteiger partial charge in [-0.1, -0.05) is 24.3 Å². The summed E-state index contributed by atoms with van der Waals surface area (Å²) in [5.74, 6) is -0.740. The van der Waals surface area contributed by atoms with Crippen LogP contribution < -0.4 is 5.32 Å². The Kier molecular flexibility index (Phi) is 5.03. The molecule has 144 valence electrons. The number of nitrogens with zero attached hydrogens (tertiary/aromatic N) is 3. The lowest BCUT2D eigenvalue weighted by Crippen LogP contribution is -2.14. The quantitative estimate of drug-likeness (QED) is 0.527. The summed E-state index contributed by atoms with van der Waals surface area (Å²) < 4.78 is 6.52. The molecule has 29 heavy (non-hydrogen) atoms. The van der Waals surface area contributed by atoms with E-state index in [1.165, 1.54) is 0 Å². The Morgan fingerprint density at radius 3 is 2.62 bits per heavy atom. The van der Waals surface area contributed by atoms with Crippen LogP contribution in [0.2, 0.25) is 0 Å². The number of fused-ring (bicyclic) bond motifs is 1. The molecule has 2 heterocycles. The highest BCUT2D eigenvalue weighted by atomic mass is 16.5. The molecule has 1 amide bonds. The average Bonchev–Trinajstić information content (AvgIpc) is 3.24. The maximum atomic E-state index is 12.7. The molecular weight excluding hydrogens is 368 g/mol. The highest BCUT2D eigenvalue weighted by molar-refractivity contribution is 6.11. The first kappa shape index (κ1) is 18.4. The van der Waals surface area contributed by atoms with E-state index in [4.69, 9.17) is 4.74 Å². The summed E-state index contributed by atoms with van der Waals surface area (Å²) >= 11 is 0. The number of rotatable bonds is 5. The summed E-state index contributed by atoms with van der Waals surface area (Å²) in [6, 6.07) is 18.2. The number of ether oxygens (including phenoxy) is 1. The predicted octanol–water partition coefficient (Wildman–Crippen LogP) is 3.85. The number of amides is 1. The Balaban J connectivity index is 1.51. The van der Waals surface area contributed by atoms with Crippen LogP contribution in [0.5, 0.6) is 0 Å². The molecule has 0 aliphatic heterocycles. The highest BCUT2D eigenvalue weighted by Gasteiger charge is 2.13. The number of carbonyl (C=O) groups is 2. The zero-order valence-corrected chi connectivity index (χ0v) is 15.7. The van der Waals surface area contributed by atoms with Gasteiger partial charge in [-0.3, -0.25) is 9.78 Å². The van der Waals surface area contributed by atoms with Crippen LogP contribution in [-0.2, 0) is 4.74 Å². The third kappa shape index (κ3) is 3.84. The molecule has 0 aliphatic rings. The van der Waals surface area contributed by atoms with Crippen molar-refractivity contribution in [3.63, 3.8) is 0 Å². The van der Waals surface area contributed by atoms with Crippen LogP contribution in [-0.4, -0.2) is 33.2 Å². The minimum Gasteiger partial charge on any atom is -0.461 e. The van der Waals surface area contributed by atoms with Gasteiger partial charge in [0.25, 0.3) is 5.91 Å². The number of anilines is 1. The van der Waals surface area contributed by atoms with Crippen molar-refractivity contribution in [1.29, 1.82) is 0 Å². The van der Waals surface area contributed by atoms with E-state index in [0.29, 0.717) is 18.0 Å². The average molecular weight is 386 g/mol. The number of benzene rings is 2. The fraction of sp³-hybridized carbons (Fsp3) is 0.0909. The number of aromatic nitrogens is 3. The van der Waals surface area contributed by atoms with Crippen LogP contribution >= 0.6 is 0 Å². The summed E-state index contributed by atoms with van der Waals surface area (Å²) in [6.45, 7) is 2.04. The molecular formula is C22H18N4O3. The van der Waals surface area contributed by atoms with Crippen LogP contribution in [0.4, 0.5) is 5.69 Å². The molecule has 7 nitrogen and oxygen atoms in total. The Bertz CT molecular complexity index is 1180. The number of nitrogens with one attached hydrogen (secondary N) is 1. The van der Waals surface area contributed by atoms with Crippen molar-refractivity contribution < 1.29 is 14.3 Å². The zero-order valence-electron chi connectivity index (χ0n) is 15.7. The van der Waals surface area contributed by atoms with Gasteiger partial charge in [0.2, 0.25) is 0 Å². The van der Waals surface area contributed by atoms with Gasteiger partial charge in [0.15, 0.2) is 5.69 Å². The Labute approximate surface area is 167 Å². The molecule has 0 saturated heterocycles. The lowest BCUT2D eigenvalue weighted by Gasteiger charge is -2.08. The fourth-order valence-electron chi connectivity index (χ4n) is 2.97. The van der Waals surface area contributed by atoms with Gasteiger partial charge in [0.1, 0.15) is 5.69 Å². The molecule has 0 aliphatic carbocycles. The smallest absolute Gasteiger partial charge is 0.358 e.